The number of likely N-dealkylation sites (tertiary alicyclic amines) is 1. The molecule has 1 aromatic carbocycles. The Bertz CT molecular complexity index is 461. The smallest absolute Gasteiger partial charge is 0.224 e. The van der Waals surface area contributed by atoms with E-state index in [9.17, 15) is 4.79 Å². The summed E-state index contributed by atoms with van der Waals surface area (Å²) in [6.07, 6.45) is 0.332. The van der Waals surface area contributed by atoms with E-state index in [1.54, 1.807) is 30.2 Å². The van der Waals surface area contributed by atoms with Gasteiger partial charge >= 0.3 is 0 Å². The number of carbonyl (C=O) groups is 1. The van der Waals surface area contributed by atoms with Crippen LogP contribution in [0.3, 0.4) is 0 Å². The van der Waals surface area contributed by atoms with Crippen molar-refractivity contribution in [1.82, 2.24) is 4.90 Å². The quantitative estimate of drug-likeness (QED) is 0.928. The van der Waals surface area contributed by atoms with Crippen LogP contribution in [-0.4, -0.2) is 37.1 Å². The fourth-order valence-electron chi connectivity index (χ4n) is 2.44. The molecule has 2 unspecified atom stereocenters. The zero-order valence-corrected chi connectivity index (χ0v) is 12.1. The molecule has 2 atom stereocenters. The summed E-state index contributed by atoms with van der Waals surface area (Å²) in [6.45, 7) is 0.987. The second kappa shape index (κ2) is 6.09. The first-order valence-electron chi connectivity index (χ1n) is 6.03. The van der Waals surface area contributed by atoms with Crippen LogP contribution in [0.5, 0.6) is 0 Å². The Hall–Kier alpha value is -0.810. The van der Waals surface area contributed by atoms with Crippen molar-refractivity contribution in [3.8, 4) is 0 Å². The molecule has 1 saturated heterocycles. The number of nitrogens with two attached hydrogens (primary N) is 1. The number of ether oxygens (including phenoxy) is 1. The highest BCUT2D eigenvalue weighted by Gasteiger charge is 2.38. The molecule has 4 nitrogen and oxygen atoms in total. The molecule has 1 aromatic rings. The zero-order valence-electron chi connectivity index (χ0n) is 10.6. The van der Waals surface area contributed by atoms with Crippen LogP contribution in [0.25, 0.3) is 0 Å². The number of amides is 1. The van der Waals surface area contributed by atoms with Gasteiger partial charge in [-0.15, -0.1) is 0 Å². The molecule has 1 aliphatic rings. The van der Waals surface area contributed by atoms with Gasteiger partial charge in [-0.1, -0.05) is 23.2 Å². The van der Waals surface area contributed by atoms with Crippen LogP contribution >= 0.6 is 23.2 Å². The number of carbonyl (C=O) groups excluding carboxylic acids is 1. The lowest BCUT2D eigenvalue weighted by molar-refractivity contribution is -0.129. The van der Waals surface area contributed by atoms with Gasteiger partial charge in [0.2, 0.25) is 5.91 Å². The number of halogens is 2. The zero-order chi connectivity index (χ0) is 14.0. The van der Waals surface area contributed by atoms with Gasteiger partial charge in [0.1, 0.15) is 0 Å². The molecule has 2 rings (SSSR count). The minimum absolute atomic E-state index is 0.0330. The van der Waals surface area contributed by atoms with E-state index in [-0.39, 0.29) is 18.0 Å². The molecule has 1 amide bonds. The van der Waals surface area contributed by atoms with Crippen LogP contribution in [0, 0.1) is 0 Å². The van der Waals surface area contributed by atoms with Crippen molar-refractivity contribution in [2.75, 3.05) is 20.3 Å². The Balaban J connectivity index is 2.30. The summed E-state index contributed by atoms with van der Waals surface area (Å²) in [5.41, 5.74) is 6.94. The Kier molecular flexibility index (Phi) is 4.68. The minimum atomic E-state index is -0.251. The monoisotopic (exact) mass is 302 g/mol. The summed E-state index contributed by atoms with van der Waals surface area (Å²) in [6, 6.07) is 4.82. The Morgan fingerprint density at radius 2 is 2.00 bits per heavy atom. The number of nitrogens with zero attached hydrogens (tertiary/aromatic N) is 1. The predicted molar refractivity (Wildman–Crippen MR) is 75.4 cm³/mol. The molecule has 0 radical (unpaired) electrons. The Labute approximate surface area is 122 Å². The first-order valence-corrected chi connectivity index (χ1v) is 6.78. The number of rotatable bonds is 4. The topological polar surface area (TPSA) is 55.6 Å². The van der Waals surface area contributed by atoms with Crippen molar-refractivity contribution in [3.05, 3.63) is 33.8 Å². The van der Waals surface area contributed by atoms with Crippen molar-refractivity contribution in [2.24, 2.45) is 5.73 Å². The van der Waals surface area contributed by atoms with E-state index >= 15 is 0 Å². The largest absolute Gasteiger partial charge is 0.383 e. The molecule has 6 heteroatoms. The summed E-state index contributed by atoms with van der Waals surface area (Å²) in [5, 5.41) is 1.08. The van der Waals surface area contributed by atoms with Crippen LogP contribution in [-0.2, 0) is 9.53 Å². The molecule has 0 spiro atoms. The van der Waals surface area contributed by atoms with Crippen LogP contribution in [0.2, 0.25) is 10.0 Å². The molecule has 19 heavy (non-hydrogen) atoms. The summed E-state index contributed by atoms with van der Waals surface area (Å²) in [5.74, 6) is 0.0330. The van der Waals surface area contributed by atoms with E-state index in [0.29, 0.717) is 29.6 Å². The molecule has 2 N–H and O–H groups in total. The van der Waals surface area contributed by atoms with Gasteiger partial charge in [-0.3, -0.25) is 4.79 Å². The average Bonchev–Trinajstić information content (AvgIpc) is 2.59. The number of methoxy groups -OCH3 is 1. The third-order valence-corrected chi connectivity index (χ3v) is 3.67. The molecule has 0 saturated carbocycles. The molecule has 0 aromatic heterocycles. The second-order valence-electron chi connectivity index (χ2n) is 4.60. The van der Waals surface area contributed by atoms with Gasteiger partial charge < -0.3 is 15.4 Å². The van der Waals surface area contributed by atoms with E-state index in [0.717, 1.165) is 5.56 Å². The van der Waals surface area contributed by atoms with Crippen LogP contribution < -0.4 is 5.73 Å². The highest BCUT2D eigenvalue weighted by molar-refractivity contribution is 6.34. The molecular formula is C13H16Cl2N2O2. The maximum absolute atomic E-state index is 12.0. The Morgan fingerprint density at radius 1 is 1.37 bits per heavy atom. The summed E-state index contributed by atoms with van der Waals surface area (Å²) < 4.78 is 5.03. The maximum atomic E-state index is 12.0. The summed E-state index contributed by atoms with van der Waals surface area (Å²) >= 11 is 12.0. The van der Waals surface area contributed by atoms with Gasteiger partial charge in [-0.25, -0.2) is 0 Å². The molecule has 1 aliphatic heterocycles. The van der Waals surface area contributed by atoms with E-state index in [2.05, 4.69) is 0 Å². The molecule has 0 aliphatic carbocycles. The lowest BCUT2D eigenvalue weighted by Gasteiger charge is -2.27. The molecular weight excluding hydrogens is 287 g/mol. The summed E-state index contributed by atoms with van der Waals surface area (Å²) in [4.78, 5) is 13.7. The molecule has 1 heterocycles. The maximum Gasteiger partial charge on any atom is 0.224 e. The SMILES string of the molecule is COCCN1C(=O)CC(N)C1c1cc(Cl)cc(Cl)c1. The van der Waals surface area contributed by atoms with Gasteiger partial charge in [0.25, 0.3) is 0 Å². The van der Waals surface area contributed by atoms with E-state index in [1.807, 2.05) is 0 Å². The van der Waals surface area contributed by atoms with Gasteiger partial charge in [0, 0.05) is 36.2 Å². The molecule has 0 bridgehead atoms. The summed E-state index contributed by atoms with van der Waals surface area (Å²) in [7, 11) is 1.60. The molecule has 1 fully saturated rings. The minimum Gasteiger partial charge on any atom is -0.383 e. The van der Waals surface area contributed by atoms with Crippen LogP contribution in [0.1, 0.15) is 18.0 Å². The van der Waals surface area contributed by atoms with Crippen molar-refractivity contribution >= 4 is 29.1 Å². The average molecular weight is 303 g/mol. The van der Waals surface area contributed by atoms with Crippen molar-refractivity contribution in [2.45, 2.75) is 18.5 Å². The van der Waals surface area contributed by atoms with Gasteiger partial charge in [-0.2, -0.15) is 0 Å². The third-order valence-electron chi connectivity index (χ3n) is 3.23. The van der Waals surface area contributed by atoms with Crippen molar-refractivity contribution in [1.29, 1.82) is 0 Å². The fourth-order valence-corrected chi connectivity index (χ4v) is 2.99. The lowest BCUT2D eigenvalue weighted by Crippen LogP contribution is -2.35. The highest BCUT2D eigenvalue weighted by atomic mass is 35.5. The van der Waals surface area contributed by atoms with E-state index < -0.39 is 0 Å². The van der Waals surface area contributed by atoms with Gasteiger partial charge in [0.15, 0.2) is 0 Å². The highest BCUT2D eigenvalue weighted by Crippen LogP contribution is 2.34. The number of hydrogen-bond donors (Lipinski definition) is 1. The van der Waals surface area contributed by atoms with Crippen LogP contribution in [0.15, 0.2) is 18.2 Å². The normalized spacial score (nSPS) is 23.2. The van der Waals surface area contributed by atoms with E-state index in [1.165, 1.54) is 0 Å². The Morgan fingerprint density at radius 3 is 2.58 bits per heavy atom. The fraction of sp³-hybridized carbons (Fsp3) is 0.462. The number of benzene rings is 1. The van der Waals surface area contributed by atoms with Gasteiger partial charge in [0.05, 0.1) is 12.6 Å². The van der Waals surface area contributed by atoms with Crippen molar-refractivity contribution in [3.63, 3.8) is 0 Å². The third kappa shape index (κ3) is 3.20. The lowest BCUT2D eigenvalue weighted by atomic mass is 10.0. The van der Waals surface area contributed by atoms with Crippen LogP contribution in [0.4, 0.5) is 0 Å². The van der Waals surface area contributed by atoms with Gasteiger partial charge in [-0.05, 0) is 23.8 Å². The first-order chi connectivity index (χ1) is 9.02. The van der Waals surface area contributed by atoms with Crippen molar-refractivity contribution < 1.29 is 9.53 Å². The number of hydrogen-bond acceptors (Lipinski definition) is 3. The standard InChI is InChI=1S/C13H16Cl2N2O2/c1-19-3-2-17-12(18)7-11(16)13(17)8-4-9(14)6-10(15)5-8/h4-6,11,13H,2-3,7,16H2,1H3. The van der Waals surface area contributed by atoms with E-state index in [4.69, 9.17) is 33.7 Å². The second-order valence-corrected chi connectivity index (χ2v) is 5.47. The predicted octanol–water partition coefficient (Wildman–Crippen LogP) is 2.24. The molecule has 104 valence electrons. The first kappa shape index (κ1) is 14.6.